The summed E-state index contributed by atoms with van der Waals surface area (Å²) in [5, 5.41) is 15.0. The first-order valence-corrected chi connectivity index (χ1v) is 10.1. The molecule has 0 saturated carbocycles. The zero-order chi connectivity index (χ0) is 21.7. The summed E-state index contributed by atoms with van der Waals surface area (Å²) in [7, 11) is 0. The smallest absolute Gasteiger partial charge is 0.253 e. The second-order valence-corrected chi connectivity index (χ2v) is 7.29. The minimum absolute atomic E-state index is 0.127. The Labute approximate surface area is 175 Å². The summed E-state index contributed by atoms with van der Waals surface area (Å²) in [6.07, 6.45) is 0.779. The fourth-order valence-electron chi connectivity index (χ4n) is 3.43. The maximum atomic E-state index is 13.2. The number of anilines is 1. The van der Waals surface area contributed by atoms with Gasteiger partial charge in [0.1, 0.15) is 0 Å². The number of carbonyl (C=O) groups excluding carboxylic acids is 3. The van der Waals surface area contributed by atoms with E-state index in [9.17, 15) is 19.5 Å². The highest BCUT2D eigenvalue weighted by molar-refractivity contribution is 6.31. The number of aliphatic hydroxyl groups excluding tert-OH is 1. The van der Waals surface area contributed by atoms with Gasteiger partial charge in [0.15, 0.2) is 11.6 Å². The van der Waals surface area contributed by atoms with Crippen LogP contribution in [0.3, 0.4) is 0 Å². The molecular weight excluding hydrogens is 384 g/mol. The van der Waals surface area contributed by atoms with E-state index >= 15 is 0 Å². The Morgan fingerprint density at radius 1 is 1.00 bits per heavy atom. The zero-order valence-electron chi connectivity index (χ0n) is 17.2. The van der Waals surface area contributed by atoms with Crippen LogP contribution in [-0.4, -0.2) is 55.0 Å². The molecule has 30 heavy (non-hydrogen) atoms. The second-order valence-electron chi connectivity index (χ2n) is 7.29. The maximum Gasteiger partial charge on any atom is 0.253 e. The Bertz CT molecular complexity index is 968. The van der Waals surface area contributed by atoms with E-state index in [1.54, 1.807) is 24.3 Å². The molecule has 0 radical (unpaired) electrons. The number of hydrogen-bond acceptors (Lipinski definition) is 6. The maximum absolute atomic E-state index is 13.2. The monoisotopic (exact) mass is 410 g/mol. The van der Waals surface area contributed by atoms with E-state index in [1.807, 2.05) is 13.8 Å². The molecule has 0 spiro atoms. The number of ether oxygens (including phenoxy) is 1. The van der Waals surface area contributed by atoms with E-state index in [1.165, 1.54) is 12.1 Å². The summed E-state index contributed by atoms with van der Waals surface area (Å²) >= 11 is 0. The lowest BCUT2D eigenvalue weighted by Crippen LogP contribution is -2.29. The van der Waals surface area contributed by atoms with Crippen LogP contribution in [0.4, 0.5) is 5.69 Å². The summed E-state index contributed by atoms with van der Waals surface area (Å²) in [6.45, 7) is 4.79. The van der Waals surface area contributed by atoms with E-state index in [-0.39, 0.29) is 59.1 Å². The topological polar surface area (TPSA) is 105 Å². The van der Waals surface area contributed by atoms with E-state index in [4.69, 9.17) is 4.74 Å². The van der Waals surface area contributed by atoms with Gasteiger partial charge in [-0.1, -0.05) is 24.3 Å². The molecule has 7 nitrogen and oxygen atoms in total. The van der Waals surface area contributed by atoms with Crippen LogP contribution >= 0.6 is 0 Å². The first kappa shape index (κ1) is 21.7. The fraction of sp³-hybridized carbons (Fsp3) is 0.348. The molecule has 2 aromatic carbocycles. The van der Waals surface area contributed by atoms with Crippen LogP contribution in [0.5, 0.6) is 0 Å². The van der Waals surface area contributed by atoms with Crippen molar-refractivity contribution in [1.82, 2.24) is 5.32 Å². The van der Waals surface area contributed by atoms with Crippen molar-refractivity contribution in [2.24, 2.45) is 0 Å². The van der Waals surface area contributed by atoms with Gasteiger partial charge in [0, 0.05) is 36.4 Å². The third-order valence-corrected chi connectivity index (χ3v) is 4.81. The molecule has 158 valence electrons. The van der Waals surface area contributed by atoms with Crippen LogP contribution in [0.2, 0.25) is 0 Å². The molecule has 0 aliphatic heterocycles. The van der Waals surface area contributed by atoms with Crippen LogP contribution in [-0.2, 0) is 4.74 Å². The van der Waals surface area contributed by atoms with Crippen LogP contribution < -0.4 is 10.6 Å². The van der Waals surface area contributed by atoms with Crippen molar-refractivity contribution < 1.29 is 24.2 Å². The van der Waals surface area contributed by atoms with Crippen LogP contribution in [0.25, 0.3) is 0 Å². The molecule has 1 amide bonds. The molecule has 0 bridgehead atoms. The molecule has 0 heterocycles. The molecule has 0 fully saturated rings. The third-order valence-electron chi connectivity index (χ3n) is 4.81. The average Bonchev–Trinajstić information content (AvgIpc) is 2.74. The molecule has 7 heteroatoms. The molecule has 0 aromatic heterocycles. The Morgan fingerprint density at radius 2 is 1.70 bits per heavy atom. The van der Waals surface area contributed by atoms with Crippen LogP contribution in [0.15, 0.2) is 36.4 Å². The number of aliphatic hydroxyl groups is 1. The van der Waals surface area contributed by atoms with Crippen LogP contribution in [0.1, 0.15) is 62.5 Å². The summed E-state index contributed by atoms with van der Waals surface area (Å²) in [4.78, 5) is 38.9. The molecule has 1 aliphatic rings. The van der Waals surface area contributed by atoms with Gasteiger partial charge in [0.2, 0.25) is 0 Å². The average molecular weight is 410 g/mol. The van der Waals surface area contributed by atoms with Gasteiger partial charge in [-0.05, 0) is 32.4 Å². The van der Waals surface area contributed by atoms with Crippen molar-refractivity contribution in [2.45, 2.75) is 26.4 Å². The van der Waals surface area contributed by atoms with Crippen LogP contribution in [0, 0.1) is 0 Å². The van der Waals surface area contributed by atoms with Gasteiger partial charge in [0.05, 0.1) is 29.5 Å². The molecule has 3 N–H and O–H groups in total. The van der Waals surface area contributed by atoms with Gasteiger partial charge in [0.25, 0.3) is 5.91 Å². The lowest BCUT2D eigenvalue weighted by molar-refractivity contribution is 0.0757. The fourth-order valence-corrected chi connectivity index (χ4v) is 3.43. The van der Waals surface area contributed by atoms with Gasteiger partial charge in [-0.2, -0.15) is 0 Å². The minimum Gasteiger partial charge on any atom is -0.395 e. The Hall–Kier alpha value is -3.03. The number of ketones is 2. The molecule has 0 atom stereocenters. The highest BCUT2D eigenvalue weighted by atomic mass is 16.5. The number of nitrogens with one attached hydrogen (secondary N) is 2. The standard InChI is InChI=1S/C23H26N2O5/c1-14(2)30-13-5-10-25-23(29)18-9-8-17-19(20(18)24-11-12-26)22(28)16-7-4-3-6-15(16)21(17)27/h3-4,6-9,14,24,26H,5,10-13H2,1-2H3,(H,25,29). The van der Waals surface area contributed by atoms with Gasteiger partial charge in [-0.15, -0.1) is 0 Å². The van der Waals surface area contributed by atoms with Crippen molar-refractivity contribution in [3.05, 3.63) is 64.2 Å². The van der Waals surface area contributed by atoms with Gasteiger partial charge in [-0.25, -0.2) is 0 Å². The second kappa shape index (κ2) is 9.65. The first-order chi connectivity index (χ1) is 14.5. The Morgan fingerprint density at radius 3 is 2.37 bits per heavy atom. The number of amides is 1. The van der Waals surface area contributed by atoms with E-state index in [2.05, 4.69) is 10.6 Å². The van der Waals surface area contributed by atoms with E-state index < -0.39 is 0 Å². The lowest BCUT2D eigenvalue weighted by Gasteiger charge is -2.23. The van der Waals surface area contributed by atoms with Crippen molar-refractivity contribution in [1.29, 1.82) is 0 Å². The van der Waals surface area contributed by atoms with Crippen molar-refractivity contribution >= 4 is 23.2 Å². The predicted octanol–water partition coefficient (Wildman–Crippen LogP) is 2.41. The van der Waals surface area contributed by atoms with Crippen molar-refractivity contribution in [2.75, 3.05) is 31.6 Å². The normalized spacial score (nSPS) is 12.5. The highest BCUT2D eigenvalue weighted by Gasteiger charge is 2.33. The molecule has 3 rings (SSSR count). The highest BCUT2D eigenvalue weighted by Crippen LogP contribution is 2.34. The molecule has 2 aromatic rings. The SMILES string of the molecule is CC(C)OCCCNC(=O)c1ccc2c(c1NCCO)C(=O)c1ccccc1C2=O. The summed E-state index contributed by atoms with van der Waals surface area (Å²) in [6, 6.07) is 9.70. The summed E-state index contributed by atoms with van der Waals surface area (Å²) in [5.74, 6) is -0.937. The first-order valence-electron chi connectivity index (χ1n) is 10.1. The van der Waals surface area contributed by atoms with Crippen molar-refractivity contribution in [3.8, 4) is 0 Å². The quantitative estimate of drug-likeness (QED) is 0.468. The zero-order valence-corrected chi connectivity index (χ0v) is 17.2. The Kier molecular flexibility index (Phi) is 6.97. The summed E-state index contributed by atoms with van der Waals surface area (Å²) in [5.41, 5.74) is 1.61. The van der Waals surface area contributed by atoms with Gasteiger partial charge in [-0.3, -0.25) is 14.4 Å². The molecule has 0 unspecified atom stereocenters. The number of rotatable bonds is 9. The largest absolute Gasteiger partial charge is 0.395 e. The number of hydrogen-bond donors (Lipinski definition) is 3. The molecular formula is C23H26N2O5. The predicted molar refractivity (Wildman–Crippen MR) is 113 cm³/mol. The molecule has 0 saturated heterocycles. The minimum atomic E-state index is -0.359. The number of carbonyl (C=O) groups is 3. The number of benzene rings is 2. The number of fused-ring (bicyclic) bond motifs is 2. The molecule has 1 aliphatic carbocycles. The Balaban J connectivity index is 1.91. The third kappa shape index (κ3) is 4.42. The van der Waals surface area contributed by atoms with E-state index in [0.717, 1.165) is 0 Å². The lowest BCUT2D eigenvalue weighted by atomic mass is 9.82. The van der Waals surface area contributed by atoms with Gasteiger partial charge >= 0.3 is 0 Å². The van der Waals surface area contributed by atoms with Crippen molar-refractivity contribution in [3.63, 3.8) is 0 Å². The van der Waals surface area contributed by atoms with Gasteiger partial charge < -0.3 is 20.5 Å². The van der Waals surface area contributed by atoms with E-state index in [0.29, 0.717) is 30.7 Å². The summed E-state index contributed by atoms with van der Waals surface area (Å²) < 4.78 is 5.47.